The van der Waals surface area contributed by atoms with Gasteiger partial charge in [0.1, 0.15) is 0 Å². The predicted octanol–water partition coefficient (Wildman–Crippen LogP) is 2.08. The lowest BCUT2D eigenvalue weighted by atomic mass is 10.1. The molecule has 1 unspecified atom stereocenters. The second kappa shape index (κ2) is 5.72. The first-order valence-corrected chi connectivity index (χ1v) is 5.30. The minimum Gasteiger partial charge on any atom is -0.478 e. The van der Waals surface area contributed by atoms with Gasteiger partial charge in [0.15, 0.2) is 0 Å². The molecule has 0 bridgehead atoms. The Morgan fingerprint density at radius 1 is 1.56 bits per heavy atom. The lowest BCUT2D eigenvalue weighted by Crippen LogP contribution is -2.16. The van der Waals surface area contributed by atoms with Gasteiger partial charge in [0, 0.05) is 18.2 Å². The standard InChI is InChI=1S/C11H14ClNO3/c1-7(6-14)5-13-10-4-8(12)2-3-9(10)11(15)16/h2-4,7,13-14H,5-6H2,1H3,(H,15,16). The highest BCUT2D eigenvalue weighted by Gasteiger charge is 2.10. The van der Waals surface area contributed by atoms with E-state index in [9.17, 15) is 4.79 Å². The van der Waals surface area contributed by atoms with Crippen LogP contribution in [0, 0.1) is 5.92 Å². The summed E-state index contributed by atoms with van der Waals surface area (Å²) in [6, 6.07) is 4.55. The molecular weight excluding hydrogens is 230 g/mol. The fourth-order valence-corrected chi connectivity index (χ4v) is 1.37. The van der Waals surface area contributed by atoms with Crippen LogP contribution in [-0.2, 0) is 0 Å². The average molecular weight is 244 g/mol. The molecule has 0 saturated carbocycles. The summed E-state index contributed by atoms with van der Waals surface area (Å²) in [5.74, 6) is -0.948. The highest BCUT2D eigenvalue weighted by Crippen LogP contribution is 2.21. The van der Waals surface area contributed by atoms with E-state index in [1.807, 2.05) is 6.92 Å². The van der Waals surface area contributed by atoms with Gasteiger partial charge in [-0.1, -0.05) is 18.5 Å². The summed E-state index contributed by atoms with van der Waals surface area (Å²) in [4.78, 5) is 10.9. The monoisotopic (exact) mass is 243 g/mol. The number of hydrogen-bond donors (Lipinski definition) is 3. The van der Waals surface area contributed by atoms with Crippen molar-refractivity contribution in [3.05, 3.63) is 28.8 Å². The maximum absolute atomic E-state index is 10.9. The number of aromatic carboxylic acids is 1. The van der Waals surface area contributed by atoms with E-state index in [1.54, 1.807) is 6.07 Å². The van der Waals surface area contributed by atoms with Crippen LogP contribution in [-0.4, -0.2) is 29.3 Å². The van der Waals surface area contributed by atoms with E-state index in [0.29, 0.717) is 17.3 Å². The van der Waals surface area contributed by atoms with Crippen LogP contribution in [0.2, 0.25) is 5.02 Å². The number of benzene rings is 1. The van der Waals surface area contributed by atoms with E-state index in [4.69, 9.17) is 21.8 Å². The Morgan fingerprint density at radius 3 is 2.81 bits per heavy atom. The van der Waals surface area contributed by atoms with Crippen LogP contribution in [0.3, 0.4) is 0 Å². The van der Waals surface area contributed by atoms with Gasteiger partial charge in [0.05, 0.1) is 11.3 Å². The zero-order valence-corrected chi connectivity index (χ0v) is 9.66. The molecule has 0 aliphatic carbocycles. The van der Waals surface area contributed by atoms with Gasteiger partial charge in [0.2, 0.25) is 0 Å². The Hall–Kier alpha value is -1.26. The first-order valence-electron chi connectivity index (χ1n) is 4.92. The normalized spacial score (nSPS) is 12.2. The molecule has 16 heavy (non-hydrogen) atoms. The van der Waals surface area contributed by atoms with Crippen molar-refractivity contribution in [2.75, 3.05) is 18.5 Å². The van der Waals surface area contributed by atoms with Gasteiger partial charge < -0.3 is 15.5 Å². The number of carbonyl (C=O) groups is 1. The zero-order chi connectivity index (χ0) is 12.1. The number of hydrogen-bond acceptors (Lipinski definition) is 3. The van der Waals surface area contributed by atoms with Gasteiger partial charge >= 0.3 is 5.97 Å². The van der Waals surface area contributed by atoms with Crippen LogP contribution in [0.25, 0.3) is 0 Å². The minimum absolute atomic E-state index is 0.0516. The van der Waals surface area contributed by atoms with Crippen molar-refractivity contribution in [1.29, 1.82) is 0 Å². The van der Waals surface area contributed by atoms with Crippen LogP contribution in [0.15, 0.2) is 18.2 Å². The third-order valence-corrected chi connectivity index (χ3v) is 2.40. The lowest BCUT2D eigenvalue weighted by Gasteiger charge is -2.13. The van der Waals surface area contributed by atoms with Crippen molar-refractivity contribution in [2.24, 2.45) is 5.92 Å². The van der Waals surface area contributed by atoms with E-state index in [1.165, 1.54) is 12.1 Å². The van der Waals surface area contributed by atoms with Gasteiger partial charge in [-0.15, -0.1) is 0 Å². The van der Waals surface area contributed by atoms with Gasteiger partial charge in [-0.2, -0.15) is 0 Å². The third kappa shape index (κ3) is 3.40. The van der Waals surface area contributed by atoms with Crippen molar-refractivity contribution in [2.45, 2.75) is 6.92 Å². The largest absolute Gasteiger partial charge is 0.478 e. The first-order chi connectivity index (χ1) is 7.54. The Labute approximate surface area is 98.9 Å². The third-order valence-electron chi connectivity index (χ3n) is 2.16. The molecule has 3 N–H and O–H groups in total. The molecule has 0 heterocycles. The van der Waals surface area contributed by atoms with Crippen molar-refractivity contribution >= 4 is 23.3 Å². The molecule has 1 aromatic rings. The molecule has 0 saturated heterocycles. The Balaban J connectivity index is 2.84. The van der Waals surface area contributed by atoms with Crippen molar-refractivity contribution in [3.63, 3.8) is 0 Å². The number of aliphatic hydroxyl groups excluding tert-OH is 1. The summed E-state index contributed by atoms with van der Waals surface area (Å²) >= 11 is 5.79. The molecule has 1 rings (SSSR count). The van der Waals surface area contributed by atoms with Crippen LogP contribution in [0.1, 0.15) is 17.3 Å². The summed E-state index contributed by atoms with van der Waals surface area (Å²) in [5, 5.41) is 21.2. The van der Waals surface area contributed by atoms with E-state index in [0.717, 1.165) is 0 Å². The Kier molecular flexibility index (Phi) is 4.58. The molecule has 1 aromatic carbocycles. The zero-order valence-electron chi connectivity index (χ0n) is 8.90. The Morgan fingerprint density at radius 2 is 2.25 bits per heavy atom. The summed E-state index contributed by atoms with van der Waals surface area (Å²) in [7, 11) is 0. The number of rotatable bonds is 5. The van der Waals surface area contributed by atoms with E-state index >= 15 is 0 Å². The van der Waals surface area contributed by atoms with Crippen LogP contribution in [0.4, 0.5) is 5.69 Å². The van der Waals surface area contributed by atoms with Crippen LogP contribution >= 0.6 is 11.6 Å². The number of halogens is 1. The smallest absolute Gasteiger partial charge is 0.337 e. The van der Waals surface area contributed by atoms with E-state index < -0.39 is 5.97 Å². The fourth-order valence-electron chi connectivity index (χ4n) is 1.20. The van der Waals surface area contributed by atoms with E-state index in [2.05, 4.69) is 5.32 Å². The predicted molar refractivity (Wildman–Crippen MR) is 63.2 cm³/mol. The van der Waals surface area contributed by atoms with Crippen molar-refractivity contribution in [3.8, 4) is 0 Å². The van der Waals surface area contributed by atoms with Gasteiger partial charge in [-0.3, -0.25) is 0 Å². The average Bonchev–Trinajstić information content (AvgIpc) is 2.25. The molecule has 88 valence electrons. The topological polar surface area (TPSA) is 69.6 Å². The molecule has 4 nitrogen and oxygen atoms in total. The van der Waals surface area contributed by atoms with Gasteiger partial charge in [-0.25, -0.2) is 4.79 Å². The molecule has 0 spiro atoms. The first kappa shape index (κ1) is 12.8. The van der Waals surface area contributed by atoms with Crippen molar-refractivity contribution in [1.82, 2.24) is 0 Å². The van der Waals surface area contributed by atoms with Crippen molar-refractivity contribution < 1.29 is 15.0 Å². The van der Waals surface area contributed by atoms with Gasteiger partial charge in [-0.05, 0) is 24.1 Å². The second-order valence-electron chi connectivity index (χ2n) is 3.66. The van der Waals surface area contributed by atoms with Crippen LogP contribution in [0.5, 0.6) is 0 Å². The summed E-state index contributed by atoms with van der Waals surface area (Å²) in [6.07, 6.45) is 0. The molecular formula is C11H14ClNO3. The molecule has 0 aromatic heterocycles. The lowest BCUT2D eigenvalue weighted by molar-refractivity contribution is 0.0698. The molecule has 1 atom stereocenters. The number of carboxylic acids is 1. The molecule has 0 amide bonds. The number of aliphatic hydroxyl groups is 1. The molecule has 0 aliphatic rings. The number of nitrogens with one attached hydrogen (secondary N) is 1. The number of anilines is 1. The molecule has 5 heteroatoms. The Bertz CT molecular complexity index is 381. The highest BCUT2D eigenvalue weighted by molar-refractivity contribution is 6.31. The minimum atomic E-state index is -1.00. The van der Waals surface area contributed by atoms with Crippen LogP contribution < -0.4 is 5.32 Å². The second-order valence-corrected chi connectivity index (χ2v) is 4.10. The fraction of sp³-hybridized carbons (Fsp3) is 0.364. The molecule has 0 radical (unpaired) electrons. The quantitative estimate of drug-likeness (QED) is 0.741. The van der Waals surface area contributed by atoms with E-state index in [-0.39, 0.29) is 18.1 Å². The summed E-state index contributed by atoms with van der Waals surface area (Å²) < 4.78 is 0. The molecule has 0 fully saturated rings. The summed E-state index contributed by atoms with van der Waals surface area (Å²) in [5.41, 5.74) is 0.648. The maximum Gasteiger partial charge on any atom is 0.337 e. The summed E-state index contributed by atoms with van der Waals surface area (Å²) in [6.45, 7) is 2.41. The number of carboxylic acid groups (broad SMARTS) is 1. The SMILES string of the molecule is CC(CO)CNc1cc(Cl)ccc1C(=O)O. The van der Waals surface area contributed by atoms with Gasteiger partial charge in [0.25, 0.3) is 0 Å². The maximum atomic E-state index is 10.9. The molecule has 0 aliphatic heterocycles. The highest BCUT2D eigenvalue weighted by atomic mass is 35.5.